The molecule has 0 heterocycles. The van der Waals surface area contributed by atoms with E-state index in [1.54, 1.807) is 0 Å². The molecule has 0 spiro atoms. The predicted octanol–water partition coefficient (Wildman–Crippen LogP) is 20.1. The molecule has 1 aliphatic rings. The summed E-state index contributed by atoms with van der Waals surface area (Å²) in [5, 5.41) is 0. The lowest BCUT2D eigenvalue weighted by Crippen LogP contribution is -2.10. The fraction of sp³-hybridized carbons (Fsp3) is 0.143. The highest BCUT2D eigenvalue weighted by Gasteiger charge is 2.18. The number of aryl methyl sites for hydroxylation is 3. The van der Waals surface area contributed by atoms with Crippen LogP contribution in [0.4, 0.5) is 51.2 Å². The Bertz CT molecular complexity index is 3290. The highest BCUT2D eigenvalue weighted by atomic mass is 15.2. The molecule has 0 saturated carbocycles. The first-order valence-corrected chi connectivity index (χ1v) is 26.4. The minimum Gasteiger partial charge on any atom is -0.311 e. The third-order valence-electron chi connectivity index (χ3n) is 14.5. The van der Waals surface area contributed by atoms with E-state index in [1.165, 1.54) is 101 Å². The van der Waals surface area contributed by atoms with Crippen LogP contribution in [0.5, 0.6) is 0 Å². The molecule has 0 fully saturated rings. The largest absolute Gasteiger partial charge is 0.311 e. The van der Waals surface area contributed by atoms with Crippen molar-refractivity contribution < 1.29 is 0 Å². The number of hydrogen-bond acceptors (Lipinski definition) is 3. The van der Waals surface area contributed by atoms with E-state index in [0.29, 0.717) is 0 Å². The average molecular weight is 946 g/mol. The van der Waals surface area contributed by atoms with E-state index < -0.39 is 0 Å². The van der Waals surface area contributed by atoms with Crippen molar-refractivity contribution in [2.75, 3.05) is 14.7 Å². The summed E-state index contributed by atoms with van der Waals surface area (Å²) in [5.41, 5.74) is 21.7. The van der Waals surface area contributed by atoms with Gasteiger partial charge in [-0.3, -0.25) is 0 Å². The molecule has 0 saturated heterocycles. The Labute approximate surface area is 433 Å². The summed E-state index contributed by atoms with van der Waals surface area (Å²) in [7, 11) is 0. The number of anilines is 9. The highest BCUT2D eigenvalue weighted by Crippen LogP contribution is 2.41. The molecule has 0 atom stereocenters. The van der Waals surface area contributed by atoms with E-state index in [-0.39, 0.29) is 0 Å². The Hall–Kier alpha value is -8.40. The topological polar surface area (TPSA) is 9.72 Å². The Balaban J connectivity index is 0.860. The predicted molar refractivity (Wildman–Crippen MR) is 311 cm³/mol. The molecule has 10 aromatic rings. The maximum atomic E-state index is 2.39. The van der Waals surface area contributed by atoms with Gasteiger partial charge in [0.15, 0.2) is 0 Å². The van der Waals surface area contributed by atoms with Crippen molar-refractivity contribution in [2.45, 2.75) is 64.7 Å². The molecule has 0 N–H and O–H groups in total. The van der Waals surface area contributed by atoms with E-state index >= 15 is 0 Å². The third-order valence-corrected chi connectivity index (χ3v) is 14.5. The van der Waals surface area contributed by atoms with Crippen molar-refractivity contribution in [3.63, 3.8) is 0 Å². The number of fused-ring (bicyclic) bond motifs is 1. The van der Waals surface area contributed by atoms with E-state index in [0.717, 1.165) is 57.6 Å². The molecule has 73 heavy (non-hydrogen) atoms. The average Bonchev–Trinajstić information content (AvgIpc) is 3.45. The molecule has 1 aliphatic carbocycles. The molecule has 3 nitrogen and oxygen atoms in total. The minimum absolute atomic E-state index is 1.12. The molecule has 0 radical (unpaired) electrons. The molecule has 0 bridgehead atoms. The van der Waals surface area contributed by atoms with Gasteiger partial charge in [0.1, 0.15) is 0 Å². The van der Waals surface area contributed by atoms with Gasteiger partial charge in [-0.25, -0.2) is 0 Å². The van der Waals surface area contributed by atoms with Crippen LogP contribution in [0.25, 0.3) is 33.4 Å². The number of rotatable bonds is 19. The normalized spacial score (nSPS) is 11.6. The van der Waals surface area contributed by atoms with Crippen LogP contribution in [-0.4, -0.2) is 0 Å². The summed E-state index contributed by atoms with van der Waals surface area (Å²) in [5.74, 6) is 0. The molecule has 3 heteroatoms. The maximum absolute atomic E-state index is 2.39. The Kier molecular flexibility index (Phi) is 14.4. The van der Waals surface area contributed by atoms with Gasteiger partial charge in [-0.2, -0.15) is 0 Å². The first-order valence-electron chi connectivity index (χ1n) is 26.4. The zero-order chi connectivity index (χ0) is 49.2. The second-order valence-corrected chi connectivity index (χ2v) is 19.4. The van der Waals surface area contributed by atoms with Crippen molar-refractivity contribution in [1.82, 2.24) is 0 Å². The van der Waals surface area contributed by atoms with Gasteiger partial charge in [0, 0.05) is 51.2 Å². The monoisotopic (exact) mass is 946 g/mol. The summed E-state index contributed by atoms with van der Waals surface area (Å²) >= 11 is 0. The Morgan fingerprint density at radius 3 is 1.01 bits per heavy atom. The molecule has 0 aliphatic heterocycles. The number of unbranched alkanes of at least 4 members (excludes halogenated alkanes) is 5. The molecule has 358 valence electrons. The molecule has 0 amide bonds. The van der Waals surface area contributed by atoms with Gasteiger partial charge in [-0.1, -0.05) is 185 Å². The van der Waals surface area contributed by atoms with Crippen LogP contribution in [0.3, 0.4) is 0 Å². The quantitative estimate of drug-likeness (QED) is 0.0748. The SMILES string of the molecule is CCCCCCCCc1ccc(N(c2ccc(-c3ccc(N(c4ccccc4)c4ccccc4)cc3)cc2)c2ccc(-c3ccc(N(c4ccccc4)c4cccc(-c5ccc6c(c5)CC6)c4)cc3)cc2)cc1. The van der Waals surface area contributed by atoms with Crippen LogP contribution in [0.1, 0.15) is 62.1 Å². The van der Waals surface area contributed by atoms with Crippen LogP contribution in [-0.2, 0) is 19.3 Å². The fourth-order valence-corrected chi connectivity index (χ4v) is 10.4. The zero-order valence-electron chi connectivity index (χ0n) is 42.0. The van der Waals surface area contributed by atoms with Crippen LogP contribution in [0.2, 0.25) is 0 Å². The number of benzene rings is 10. The van der Waals surface area contributed by atoms with Crippen LogP contribution in [0.15, 0.2) is 255 Å². The molecule has 10 aromatic carbocycles. The van der Waals surface area contributed by atoms with Gasteiger partial charge in [0.2, 0.25) is 0 Å². The minimum atomic E-state index is 1.12. The maximum Gasteiger partial charge on any atom is 0.0467 e. The summed E-state index contributed by atoms with van der Waals surface area (Å²) in [6.07, 6.45) is 11.3. The Morgan fingerprint density at radius 1 is 0.260 bits per heavy atom. The smallest absolute Gasteiger partial charge is 0.0467 e. The summed E-state index contributed by atoms with van der Waals surface area (Å²) in [6, 6.07) is 93.1. The fourth-order valence-electron chi connectivity index (χ4n) is 10.4. The zero-order valence-corrected chi connectivity index (χ0v) is 42.0. The third kappa shape index (κ3) is 10.8. The van der Waals surface area contributed by atoms with Crippen LogP contribution in [0, 0.1) is 0 Å². The molecule has 0 unspecified atom stereocenters. The summed E-state index contributed by atoms with van der Waals surface area (Å²) in [6.45, 7) is 2.28. The van der Waals surface area contributed by atoms with Gasteiger partial charge in [0.25, 0.3) is 0 Å². The van der Waals surface area contributed by atoms with Gasteiger partial charge >= 0.3 is 0 Å². The number of para-hydroxylation sites is 3. The first-order chi connectivity index (χ1) is 36.1. The summed E-state index contributed by atoms with van der Waals surface area (Å²) in [4.78, 5) is 7.05. The van der Waals surface area contributed by atoms with Gasteiger partial charge in [-0.05, 0) is 185 Å². The van der Waals surface area contributed by atoms with Gasteiger partial charge in [-0.15, -0.1) is 0 Å². The highest BCUT2D eigenvalue weighted by molar-refractivity contribution is 5.84. The van der Waals surface area contributed by atoms with E-state index in [4.69, 9.17) is 0 Å². The lowest BCUT2D eigenvalue weighted by Gasteiger charge is -2.27. The molecular formula is C70H63N3. The van der Waals surface area contributed by atoms with Crippen LogP contribution < -0.4 is 14.7 Å². The number of hydrogen-bond donors (Lipinski definition) is 0. The van der Waals surface area contributed by atoms with Crippen molar-refractivity contribution >= 4 is 51.2 Å². The van der Waals surface area contributed by atoms with Crippen molar-refractivity contribution in [1.29, 1.82) is 0 Å². The molecular weight excluding hydrogens is 883 g/mol. The standard InChI is InChI=1S/C70H63N3/c1-2-3-4-5-6-10-18-53-27-41-65(42-28-53)72(67-45-35-55(36-46-67)54-33-43-66(44-34-54)71(62-20-11-7-12-21-62)63-22-13-8-14-23-63)68-47-37-56(38-48-68)57-39-49-69(50-40-57)73(64-24-15-9-16-25-64)70-26-17-19-59(52-70)61-32-30-58-29-31-60(58)51-61/h7-9,11-17,19-28,30,32-52H,2-6,10,18,29,31H2,1H3. The van der Waals surface area contributed by atoms with Gasteiger partial charge < -0.3 is 14.7 Å². The van der Waals surface area contributed by atoms with E-state index in [9.17, 15) is 0 Å². The van der Waals surface area contributed by atoms with Crippen molar-refractivity contribution in [2.24, 2.45) is 0 Å². The van der Waals surface area contributed by atoms with E-state index in [1.807, 2.05) is 0 Å². The van der Waals surface area contributed by atoms with E-state index in [2.05, 4.69) is 276 Å². The van der Waals surface area contributed by atoms with Crippen LogP contribution >= 0.6 is 0 Å². The lowest BCUT2D eigenvalue weighted by molar-refractivity contribution is 0.607. The Morgan fingerprint density at radius 2 is 0.603 bits per heavy atom. The number of nitrogens with zero attached hydrogens (tertiary/aromatic N) is 3. The lowest BCUT2D eigenvalue weighted by atomic mass is 9.86. The van der Waals surface area contributed by atoms with Crippen molar-refractivity contribution in [3.05, 3.63) is 271 Å². The second kappa shape index (κ2) is 22.4. The first kappa shape index (κ1) is 47.0. The summed E-state index contributed by atoms with van der Waals surface area (Å²) < 4.78 is 0. The molecule has 11 rings (SSSR count). The van der Waals surface area contributed by atoms with Gasteiger partial charge in [0.05, 0.1) is 0 Å². The van der Waals surface area contributed by atoms with Crippen molar-refractivity contribution in [3.8, 4) is 33.4 Å². The second-order valence-electron chi connectivity index (χ2n) is 19.4. The molecule has 0 aromatic heterocycles.